The number of carbonyl (C=O) groups is 2. The Morgan fingerprint density at radius 3 is 2.26 bits per heavy atom. The van der Waals surface area contributed by atoms with Crippen molar-refractivity contribution in [3.63, 3.8) is 0 Å². The van der Waals surface area contributed by atoms with Crippen LogP contribution >= 0.6 is 11.8 Å². The lowest BCUT2D eigenvalue weighted by atomic mass is 9.91. The molecule has 0 aliphatic carbocycles. The van der Waals surface area contributed by atoms with E-state index in [1.54, 1.807) is 23.9 Å². The second kappa shape index (κ2) is 13.1. The predicted molar refractivity (Wildman–Crippen MR) is 146 cm³/mol. The summed E-state index contributed by atoms with van der Waals surface area (Å²) in [6.07, 6.45) is -1.77. The van der Waals surface area contributed by atoms with Crippen LogP contribution < -0.4 is 5.32 Å². The van der Waals surface area contributed by atoms with Gasteiger partial charge in [-0.1, -0.05) is 61.5 Å². The van der Waals surface area contributed by atoms with E-state index in [2.05, 4.69) is 24.4 Å². The Morgan fingerprint density at radius 2 is 1.63 bits per heavy atom. The molecule has 0 aromatic heterocycles. The molecule has 3 aromatic rings. The average Bonchev–Trinajstić information content (AvgIpc) is 2.93. The number of hydrogen-bond acceptors (Lipinski definition) is 7. The maximum Gasteiger partial charge on any atom is 0.303 e. The lowest BCUT2D eigenvalue weighted by Crippen LogP contribution is -2.38. The molecule has 5 atom stereocenters. The topological polar surface area (TPSA) is 94.1 Å². The molecule has 7 nitrogen and oxygen atoms in total. The fourth-order valence-electron chi connectivity index (χ4n) is 4.27. The van der Waals surface area contributed by atoms with Crippen molar-refractivity contribution >= 4 is 29.3 Å². The van der Waals surface area contributed by atoms with Crippen LogP contribution in [0.25, 0.3) is 0 Å². The number of benzene rings is 3. The number of aliphatic hydroxyl groups is 1. The predicted octanol–water partition coefficient (Wildman–Crippen LogP) is 5.65. The van der Waals surface area contributed by atoms with E-state index in [0.29, 0.717) is 5.69 Å². The third kappa shape index (κ3) is 7.23. The molecule has 0 bridgehead atoms. The fraction of sp³-hybridized carbons (Fsp3) is 0.333. The van der Waals surface area contributed by atoms with Crippen molar-refractivity contribution in [2.24, 2.45) is 5.92 Å². The maximum absolute atomic E-state index is 12.3. The summed E-state index contributed by atoms with van der Waals surface area (Å²) in [5.74, 6) is -0.0669. The molecule has 0 spiro atoms. The van der Waals surface area contributed by atoms with Gasteiger partial charge in [0.25, 0.3) is 5.91 Å². The molecule has 1 fully saturated rings. The highest BCUT2D eigenvalue weighted by atomic mass is 32.2. The van der Waals surface area contributed by atoms with Crippen molar-refractivity contribution in [3.05, 3.63) is 95.6 Å². The van der Waals surface area contributed by atoms with Gasteiger partial charge in [-0.15, -0.1) is 11.8 Å². The quantitative estimate of drug-likeness (QED) is 0.270. The highest BCUT2D eigenvalue weighted by molar-refractivity contribution is 7.99. The van der Waals surface area contributed by atoms with E-state index in [0.717, 1.165) is 22.4 Å². The molecule has 2 N–H and O–H groups in total. The van der Waals surface area contributed by atoms with Crippen LogP contribution in [0, 0.1) is 5.92 Å². The second-order valence-electron chi connectivity index (χ2n) is 9.31. The maximum atomic E-state index is 12.3. The van der Waals surface area contributed by atoms with Crippen LogP contribution in [0.15, 0.2) is 83.8 Å². The van der Waals surface area contributed by atoms with Crippen LogP contribution in [0.3, 0.4) is 0 Å². The Kier molecular flexibility index (Phi) is 9.58. The monoisotopic (exact) mass is 535 g/mol. The van der Waals surface area contributed by atoms with E-state index in [-0.39, 0.29) is 24.7 Å². The molecule has 1 aliphatic rings. The average molecular weight is 536 g/mol. The first-order valence-corrected chi connectivity index (χ1v) is 13.6. The van der Waals surface area contributed by atoms with Crippen LogP contribution in [-0.4, -0.2) is 34.9 Å². The highest BCUT2D eigenvalue weighted by Crippen LogP contribution is 2.43. The first kappa shape index (κ1) is 27.9. The van der Waals surface area contributed by atoms with Gasteiger partial charge in [0, 0.05) is 34.7 Å². The normalized spacial score (nSPS) is 21.9. The Bertz CT molecular complexity index is 1200. The number of hydrogen-bond donors (Lipinski definition) is 2. The van der Waals surface area contributed by atoms with Gasteiger partial charge in [-0.05, 0) is 42.3 Å². The van der Waals surface area contributed by atoms with Gasteiger partial charge in [0.2, 0.25) is 0 Å². The third-order valence-corrected chi connectivity index (χ3v) is 7.54. The summed E-state index contributed by atoms with van der Waals surface area (Å²) in [5.41, 5.74) is 3.28. The van der Waals surface area contributed by atoms with Gasteiger partial charge >= 0.3 is 5.97 Å². The molecule has 8 heteroatoms. The van der Waals surface area contributed by atoms with Gasteiger partial charge < -0.3 is 24.6 Å². The number of thioether (sulfide) groups is 1. The van der Waals surface area contributed by atoms with Crippen molar-refractivity contribution in [3.8, 4) is 0 Å². The van der Waals surface area contributed by atoms with E-state index < -0.39 is 24.3 Å². The van der Waals surface area contributed by atoms with Crippen molar-refractivity contribution in [2.45, 2.75) is 56.9 Å². The van der Waals surface area contributed by atoms with E-state index >= 15 is 0 Å². The number of nitrogens with one attached hydrogen (secondary N) is 1. The van der Waals surface area contributed by atoms with E-state index in [4.69, 9.17) is 14.2 Å². The smallest absolute Gasteiger partial charge is 0.303 e. The minimum atomic E-state index is -0.889. The van der Waals surface area contributed by atoms with Crippen LogP contribution in [0.1, 0.15) is 49.9 Å². The molecule has 0 radical (unpaired) electrons. The number of carbonyl (C=O) groups excluding carboxylic acids is 2. The van der Waals surface area contributed by atoms with Gasteiger partial charge in [-0.3, -0.25) is 9.59 Å². The molecular weight excluding hydrogens is 502 g/mol. The number of ether oxygens (including phenoxy) is 3. The second-order valence-corrected chi connectivity index (χ2v) is 10.4. The Morgan fingerprint density at radius 1 is 0.974 bits per heavy atom. The summed E-state index contributed by atoms with van der Waals surface area (Å²) in [6, 6.07) is 25.3. The van der Waals surface area contributed by atoms with E-state index in [1.807, 2.05) is 54.6 Å². The first-order chi connectivity index (χ1) is 18.3. The Balaban J connectivity index is 1.51. The van der Waals surface area contributed by atoms with Crippen molar-refractivity contribution in [1.29, 1.82) is 0 Å². The molecule has 1 heterocycles. The number of amides is 1. The van der Waals surface area contributed by atoms with E-state index in [9.17, 15) is 14.7 Å². The summed E-state index contributed by atoms with van der Waals surface area (Å²) < 4.78 is 17.9. The lowest BCUT2D eigenvalue weighted by Gasteiger charge is -2.41. The first-order valence-electron chi connectivity index (χ1n) is 12.6. The summed E-state index contributed by atoms with van der Waals surface area (Å²) in [5, 5.41) is 12.2. The molecule has 1 saturated heterocycles. The van der Waals surface area contributed by atoms with E-state index in [1.165, 1.54) is 18.7 Å². The molecule has 0 saturated carbocycles. The van der Waals surface area contributed by atoms with Gasteiger partial charge in [-0.2, -0.15) is 0 Å². The van der Waals surface area contributed by atoms with Crippen molar-refractivity contribution in [2.75, 3.05) is 11.1 Å². The van der Waals surface area contributed by atoms with Crippen LogP contribution in [0.4, 0.5) is 5.69 Å². The van der Waals surface area contributed by atoms with Gasteiger partial charge in [-0.25, -0.2) is 0 Å². The molecule has 200 valence electrons. The molecule has 1 aliphatic heterocycles. The summed E-state index contributed by atoms with van der Waals surface area (Å²) in [7, 11) is 0. The number of aliphatic hydroxyl groups excluding tert-OH is 1. The largest absolute Gasteiger partial charge is 0.453 e. The molecule has 38 heavy (non-hydrogen) atoms. The third-order valence-electron chi connectivity index (χ3n) is 6.44. The van der Waals surface area contributed by atoms with Gasteiger partial charge in [0.1, 0.15) is 0 Å². The zero-order chi connectivity index (χ0) is 27.1. The SMILES string of the molecule is CC(=O)O[C@@H](C)C(=O)Nc1ccc([C@H]2O[C@@H](CSc3ccccc3)[C@@H](C)[C@@H](c3ccc(CO)cc3)O2)cc1. The molecule has 3 aromatic carbocycles. The standard InChI is InChI=1S/C30H33NO6S/c1-19-27(18-38-26-7-5-4-6-8-26)36-30(37-28(19)23-11-9-22(17-32)10-12-23)24-13-15-25(16-14-24)31-29(34)20(2)35-21(3)33/h4-16,19-20,27-28,30,32H,17-18H2,1-3H3,(H,31,34)/t19-,20+,27+,28+,30+/m1/s1. The Labute approximate surface area is 227 Å². The Hall–Kier alpha value is -3.17. The number of esters is 1. The van der Waals surface area contributed by atoms with Crippen molar-refractivity contribution in [1.82, 2.24) is 0 Å². The van der Waals surface area contributed by atoms with Crippen LogP contribution in [-0.2, 0) is 30.4 Å². The minimum absolute atomic E-state index is 0.00796. The summed E-state index contributed by atoms with van der Waals surface area (Å²) in [4.78, 5) is 24.6. The van der Waals surface area contributed by atoms with Crippen molar-refractivity contribution < 1.29 is 28.9 Å². The highest BCUT2D eigenvalue weighted by Gasteiger charge is 2.38. The number of anilines is 1. The molecular formula is C30H33NO6S. The lowest BCUT2D eigenvalue weighted by molar-refractivity contribution is -0.268. The molecule has 0 unspecified atom stereocenters. The summed E-state index contributed by atoms with van der Waals surface area (Å²) >= 11 is 1.75. The fourth-order valence-corrected chi connectivity index (χ4v) is 5.36. The molecule has 1 amide bonds. The minimum Gasteiger partial charge on any atom is -0.453 e. The zero-order valence-corrected chi connectivity index (χ0v) is 22.5. The summed E-state index contributed by atoms with van der Waals surface area (Å²) in [6.45, 7) is 4.92. The van der Waals surface area contributed by atoms with Crippen LogP contribution in [0.2, 0.25) is 0 Å². The zero-order valence-electron chi connectivity index (χ0n) is 21.7. The van der Waals surface area contributed by atoms with Gasteiger partial charge in [0.15, 0.2) is 12.4 Å². The number of rotatable bonds is 9. The molecule has 4 rings (SSSR count). The van der Waals surface area contributed by atoms with Gasteiger partial charge in [0.05, 0.1) is 18.8 Å². The van der Waals surface area contributed by atoms with Crippen LogP contribution in [0.5, 0.6) is 0 Å².